The van der Waals surface area contributed by atoms with E-state index in [-0.39, 0.29) is 18.8 Å². The van der Waals surface area contributed by atoms with Crippen LogP contribution >= 0.6 is 0 Å². The number of esters is 1. The summed E-state index contributed by atoms with van der Waals surface area (Å²) in [6.07, 6.45) is -4.17. The van der Waals surface area contributed by atoms with Crippen molar-refractivity contribution in [3.63, 3.8) is 0 Å². The number of para-hydroxylation sites is 1. The summed E-state index contributed by atoms with van der Waals surface area (Å²) in [6.45, 7) is 7.81. The van der Waals surface area contributed by atoms with Crippen LogP contribution in [0, 0.1) is 0 Å². The molecule has 0 radical (unpaired) electrons. The van der Waals surface area contributed by atoms with Gasteiger partial charge in [-0.25, -0.2) is 9.79 Å². The van der Waals surface area contributed by atoms with Crippen molar-refractivity contribution in [2.75, 3.05) is 13.2 Å². The predicted octanol–water partition coefficient (Wildman–Crippen LogP) is 5.27. The lowest BCUT2D eigenvalue weighted by Crippen LogP contribution is -2.17. The molecule has 1 aliphatic rings. The average Bonchev–Trinajstić information content (AvgIpc) is 3.17. The monoisotopic (exact) mass is 422 g/mol. The molecule has 30 heavy (non-hydrogen) atoms. The molecule has 0 aliphatic carbocycles. The molecule has 1 aromatic heterocycles. The number of nitrogens with zero attached hydrogens (tertiary/aromatic N) is 2. The lowest BCUT2D eigenvalue weighted by molar-refractivity contribution is -0.125. The number of alkyl halides is 3. The molecule has 0 N–H and O–H groups in total. The standard InChI is InChI=1S/C22H25F3N2O3/c1-5-29-20(28)18-17(19-26-21(3,4)13-30-19)15-8-6-7-9-16(15)27(18)12-14(2)10-11-22(23,24)25/h6-10H,5,11-13H2,1-4H3/b14-10+. The first-order valence-electron chi connectivity index (χ1n) is 9.76. The van der Waals surface area contributed by atoms with Crippen LogP contribution in [0.3, 0.4) is 0 Å². The molecule has 0 bridgehead atoms. The Balaban J connectivity index is 2.19. The number of hydrogen-bond donors (Lipinski definition) is 0. The summed E-state index contributed by atoms with van der Waals surface area (Å²) in [4.78, 5) is 17.5. The van der Waals surface area contributed by atoms with Crippen molar-refractivity contribution in [1.29, 1.82) is 0 Å². The van der Waals surface area contributed by atoms with E-state index >= 15 is 0 Å². The molecular formula is C22H25F3N2O3. The summed E-state index contributed by atoms with van der Waals surface area (Å²) in [5, 5.41) is 0.737. The van der Waals surface area contributed by atoms with Crippen molar-refractivity contribution in [2.24, 2.45) is 4.99 Å². The van der Waals surface area contributed by atoms with Crippen molar-refractivity contribution < 1.29 is 27.4 Å². The Bertz CT molecular complexity index is 1020. The number of rotatable bonds is 6. The fourth-order valence-electron chi connectivity index (χ4n) is 3.41. The second-order valence-corrected chi connectivity index (χ2v) is 7.94. The van der Waals surface area contributed by atoms with Gasteiger partial charge in [-0.2, -0.15) is 13.2 Å². The van der Waals surface area contributed by atoms with Crippen LogP contribution in [0.25, 0.3) is 10.9 Å². The molecular weight excluding hydrogens is 397 g/mol. The van der Waals surface area contributed by atoms with Crippen molar-refractivity contribution in [3.8, 4) is 0 Å². The van der Waals surface area contributed by atoms with E-state index in [0.717, 1.165) is 11.5 Å². The fraction of sp³-hybridized carbons (Fsp3) is 0.455. The highest BCUT2D eigenvalue weighted by Crippen LogP contribution is 2.32. The van der Waals surface area contributed by atoms with Crippen LogP contribution in [0.15, 0.2) is 40.9 Å². The number of allylic oxidation sites excluding steroid dienone is 2. The molecule has 0 atom stereocenters. The van der Waals surface area contributed by atoms with Crippen LogP contribution in [0.5, 0.6) is 0 Å². The largest absolute Gasteiger partial charge is 0.475 e. The number of aliphatic imine (C=N–C) groups is 1. The van der Waals surface area contributed by atoms with Gasteiger partial charge in [-0.1, -0.05) is 29.8 Å². The van der Waals surface area contributed by atoms with E-state index < -0.39 is 24.1 Å². The third kappa shape index (κ3) is 4.68. The van der Waals surface area contributed by atoms with Gasteiger partial charge in [0.1, 0.15) is 12.3 Å². The maximum atomic E-state index is 12.9. The van der Waals surface area contributed by atoms with Crippen LogP contribution in [0.2, 0.25) is 0 Å². The fourth-order valence-corrected chi connectivity index (χ4v) is 3.41. The second-order valence-electron chi connectivity index (χ2n) is 7.94. The number of aromatic nitrogens is 1. The molecule has 0 amide bonds. The zero-order valence-corrected chi connectivity index (χ0v) is 17.5. The third-order valence-corrected chi connectivity index (χ3v) is 4.71. The van der Waals surface area contributed by atoms with Crippen LogP contribution in [0.4, 0.5) is 13.2 Å². The van der Waals surface area contributed by atoms with Gasteiger partial charge in [-0.3, -0.25) is 0 Å². The lowest BCUT2D eigenvalue weighted by Gasteiger charge is -2.12. The van der Waals surface area contributed by atoms with Crippen molar-refractivity contribution in [2.45, 2.75) is 52.4 Å². The highest BCUT2D eigenvalue weighted by Gasteiger charge is 2.34. The average molecular weight is 422 g/mol. The molecule has 2 aromatic rings. The number of benzene rings is 1. The minimum absolute atomic E-state index is 0.113. The Labute approximate surface area is 173 Å². The Morgan fingerprint density at radius 2 is 2.03 bits per heavy atom. The van der Waals surface area contributed by atoms with Crippen molar-refractivity contribution >= 4 is 22.8 Å². The number of ether oxygens (including phenoxy) is 2. The maximum absolute atomic E-state index is 12.9. The number of halogens is 3. The Hall–Kier alpha value is -2.77. The predicted molar refractivity (Wildman–Crippen MR) is 109 cm³/mol. The van der Waals surface area contributed by atoms with Gasteiger partial charge in [-0.05, 0) is 33.8 Å². The van der Waals surface area contributed by atoms with Gasteiger partial charge in [0, 0.05) is 17.4 Å². The molecule has 0 unspecified atom stereocenters. The van der Waals surface area contributed by atoms with Gasteiger partial charge < -0.3 is 14.0 Å². The summed E-state index contributed by atoms with van der Waals surface area (Å²) < 4.78 is 50.7. The van der Waals surface area contributed by atoms with E-state index in [1.807, 2.05) is 38.1 Å². The van der Waals surface area contributed by atoms with Crippen molar-refractivity contribution in [1.82, 2.24) is 4.57 Å². The zero-order valence-electron chi connectivity index (χ0n) is 17.5. The first-order chi connectivity index (χ1) is 14.0. The highest BCUT2D eigenvalue weighted by molar-refractivity contribution is 6.15. The van der Waals surface area contributed by atoms with Gasteiger partial charge >= 0.3 is 12.1 Å². The number of hydrogen-bond acceptors (Lipinski definition) is 4. The SMILES string of the molecule is CCOC(=O)c1c(C2=NC(C)(C)CO2)c2ccccc2n1C/C(C)=C/CC(F)(F)F. The van der Waals surface area contributed by atoms with E-state index in [4.69, 9.17) is 9.47 Å². The van der Waals surface area contributed by atoms with Crippen LogP contribution < -0.4 is 0 Å². The molecule has 8 heteroatoms. The molecule has 0 saturated carbocycles. The molecule has 1 aliphatic heterocycles. The highest BCUT2D eigenvalue weighted by atomic mass is 19.4. The Morgan fingerprint density at radius 3 is 2.63 bits per heavy atom. The molecule has 0 saturated heterocycles. The summed E-state index contributed by atoms with van der Waals surface area (Å²) in [7, 11) is 0. The van der Waals surface area contributed by atoms with E-state index in [1.165, 1.54) is 0 Å². The van der Waals surface area contributed by atoms with Crippen LogP contribution in [-0.4, -0.2) is 41.4 Å². The van der Waals surface area contributed by atoms with E-state index in [0.29, 0.717) is 29.2 Å². The molecule has 5 nitrogen and oxygen atoms in total. The summed E-state index contributed by atoms with van der Waals surface area (Å²) >= 11 is 0. The van der Waals surface area contributed by atoms with Gasteiger partial charge in [0.15, 0.2) is 0 Å². The summed E-state index contributed by atoms with van der Waals surface area (Å²) in [5.74, 6) is -0.224. The summed E-state index contributed by atoms with van der Waals surface area (Å²) in [6, 6.07) is 7.31. The molecule has 1 aromatic carbocycles. The van der Waals surface area contributed by atoms with Gasteiger partial charge in [0.05, 0.1) is 24.1 Å². The van der Waals surface area contributed by atoms with Crippen molar-refractivity contribution in [3.05, 3.63) is 47.2 Å². The maximum Gasteiger partial charge on any atom is 0.392 e. The lowest BCUT2D eigenvalue weighted by atomic mass is 10.1. The third-order valence-electron chi connectivity index (χ3n) is 4.71. The molecule has 2 heterocycles. The van der Waals surface area contributed by atoms with Gasteiger partial charge in [0.25, 0.3) is 0 Å². The number of fused-ring (bicyclic) bond motifs is 1. The zero-order chi connectivity index (χ0) is 22.1. The first-order valence-corrected chi connectivity index (χ1v) is 9.76. The topological polar surface area (TPSA) is 52.8 Å². The Kier molecular flexibility index (Phi) is 5.97. The van der Waals surface area contributed by atoms with Gasteiger partial charge in [-0.15, -0.1) is 0 Å². The molecule has 0 fully saturated rings. The minimum atomic E-state index is -4.28. The smallest absolute Gasteiger partial charge is 0.392 e. The second kappa shape index (κ2) is 8.16. The summed E-state index contributed by atoms with van der Waals surface area (Å²) in [5.41, 5.74) is 1.49. The molecule has 0 spiro atoms. The normalized spacial score (nSPS) is 16.5. The number of carbonyl (C=O) groups is 1. The Morgan fingerprint density at radius 1 is 1.33 bits per heavy atom. The van der Waals surface area contributed by atoms with E-state index in [1.54, 1.807) is 18.4 Å². The number of carbonyl (C=O) groups excluding carboxylic acids is 1. The molecule has 162 valence electrons. The van der Waals surface area contributed by atoms with E-state index in [9.17, 15) is 18.0 Å². The van der Waals surface area contributed by atoms with Gasteiger partial charge in [0.2, 0.25) is 5.90 Å². The van der Waals surface area contributed by atoms with E-state index in [2.05, 4.69) is 4.99 Å². The van der Waals surface area contributed by atoms with Crippen LogP contribution in [0.1, 0.15) is 50.2 Å². The van der Waals surface area contributed by atoms with Crippen LogP contribution in [-0.2, 0) is 16.0 Å². The molecule has 3 rings (SSSR count). The quantitative estimate of drug-likeness (QED) is 0.471. The first kappa shape index (κ1) is 21.9. The minimum Gasteiger partial charge on any atom is -0.475 e.